The van der Waals surface area contributed by atoms with E-state index in [4.69, 9.17) is 4.74 Å². The molecule has 0 aromatic heterocycles. The molecule has 2 rings (SSSR count). The van der Waals surface area contributed by atoms with Crippen LogP contribution in [0.3, 0.4) is 0 Å². The smallest absolute Gasteiger partial charge is 0.165 e. The van der Waals surface area contributed by atoms with E-state index in [-0.39, 0.29) is 11.7 Å². The minimum atomic E-state index is 0.152. The Morgan fingerprint density at radius 2 is 2.22 bits per heavy atom. The fourth-order valence-electron chi connectivity index (χ4n) is 2.06. The lowest BCUT2D eigenvalue weighted by molar-refractivity contribution is 0.0916. The second kappa shape index (κ2) is 5.87. The van der Waals surface area contributed by atoms with E-state index < -0.39 is 0 Å². The van der Waals surface area contributed by atoms with Crippen LogP contribution in [-0.4, -0.2) is 12.4 Å². The molecule has 1 aromatic carbocycles. The maximum Gasteiger partial charge on any atom is 0.165 e. The predicted molar refractivity (Wildman–Crippen MR) is 76.1 cm³/mol. The van der Waals surface area contributed by atoms with E-state index in [1.807, 2.05) is 25.1 Å². The molecule has 1 unspecified atom stereocenters. The van der Waals surface area contributed by atoms with Gasteiger partial charge < -0.3 is 4.74 Å². The molecule has 1 aliphatic rings. The van der Waals surface area contributed by atoms with Crippen LogP contribution >= 0.6 is 15.9 Å². The molecule has 0 saturated heterocycles. The highest BCUT2D eigenvalue weighted by Crippen LogP contribution is 2.38. The molecule has 0 bridgehead atoms. The van der Waals surface area contributed by atoms with Gasteiger partial charge >= 0.3 is 0 Å². The number of rotatable bonds is 6. The van der Waals surface area contributed by atoms with E-state index in [9.17, 15) is 4.79 Å². The zero-order chi connectivity index (χ0) is 13.1. The average Bonchev–Trinajstić information content (AvgIpc) is 3.19. The maximum atomic E-state index is 12.2. The highest BCUT2D eigenvalue weighted by Gasteiger charge is 2.33. The van der Waals surface area contributed by atoms with E-state index in [2.05, 4.69) is 22.9 Å². The normalized spacial score (nSPS) is 16.4. The van der Waals surface area contributed by atoms with Gasteiger partial charge in [-0.1, -0.05) is 13.8 Å². The van der Waals surface area contributed by atoms with Crippen LogP contribution in [0.15, 0.2) is 22.7 Å². The Hall–Kier alpha value is -0.830. The summed E-state index contributed by atoms with van der Waals surface area (Å²) >= 11 is 3.47. The monoisotopic (exact) mass is 310 g/mol. The van der Waals surface area contributed by atoms with E-state index in [1.165, 1.54) is 12.8 Å². The third-order valence-electron chi connectivity index (χ3n) is 3.42. The summed E-state index contributed by atoms with van der Waals surface area (Å²) in [7, 11) is 0. The molecule has 1 saturated carbocycles. The average molecular weight is 311 g/mol. The molecule has 1 atom stereocenters. The summed E-state index contributed by atoms with van der Waals surface area (Å²) in [5, 5.41) is 0. The van der Waals surface area contributed by atoms with Gasteiger partial charge in [-0.05, 0) is 59.3 Å². The van der Waals surface area contributed by atoms with Crippen molar-refractivity contribution in [1.82, 2.24) is 0 Å². The first-order chi connectivity index (χ1) is 8.63. The van der Waals surface area contributed by atoms with E-state index in [0.29, 0.717) is 12.5 Å². The van der Waals surface area contributed by atoms with Crippen molar-refractivity contribution in [2.75, 3.05) is 6.61 Å². The van der Waals surface area contributed by atoms with Gasteiger partial charge in [0.05, 0.1) is 11.1 Å². The topological polar surface area (TPSA) is 26.3 Å². The van der Waals surface area contributed by atoms with Crippen molar-refractivity contribution in [3.8, 4) is 5.75 Å². The van der Waals surface area contributed by atoms with Gasteiger partial charge in [0.1, 0.15) is 5.75 Å². The predicted octanol–water partition coefficient (Wildman–Crippen LogP) is 4.47. The standard InChI is InChI=1S/C15H19BrO2/c1-3-8-18-14-7-6-12(9-13(14)16)15(17)10(2)11-4-5-11/h6-7,9-11H,3-5,8H2,1-2H3. The first kappa shape index (κ1) is 13.6. The summed E-state index contributed by atoms with van der Waals surface area (Å²) in [5.41, 5.74) is 0.783. The SMILES string of the molecule is CCCOc1ccc(C(=O)C(C)C2CC2)cc1Br. The number of ketones is 1. The Morgan fingerprint density at radius 3 is 2.78 bits per heavy atom. The Labute approximate surface area is 117 Å². The molecule has 1 aromatic rings. The molecule has 0 heterocycles. The number of carbonyl (C=O) groups excluding carboxylic acids is 1. The first-order valence-electron chi connectivity index (χ1n) is 6.60. The summed E-state index contributed by atoms with van der Waals surface area (Å²) in [6.45, 7) is 4.81. The molecule has 1 fully saturated rings. The molecule has 0 N–H and O–H groups in total. The van der Waals surface area contributed by atoms with Gasteiger partial charge in [0.2, 0.25) is 0 Å². The van der Waals surface area contributed by atoms with Crippen molar-refractivity contribution in [3.05, 3.63) is 28.2 Å². The van der Waals surface area contributed by atoms with Crippen molar-refractivity contribution in [2.24, 2.45) is 11.8 Å². The fraction of sp³-hybridized carbons (Fsp3) is 0.533. The minimum absolute atomic E-state index is 0.152. The van der Waals surface area contributed by atoms with Crippen LogP contribution in [0.2, 0.25) is 0 Å². The van der Waals surface area contributed by atoms with Gasteiger partial charge in [0.15, 0.2) is 5.78 Å². The molecular weight excluding hydrogens is 292 g/mol. The number of hydrogen-bond donors (Lipinski definition) is 0. The maximum absolute atomic E-state index is 12.2. The minimum Gasteiger partial charge on any atom is -0.492 e. The summed E-state index contributed by atoms with van der Waals surface area (Å²) in [6.07, 6.45) is 3.38. The van der Waals surface area contributed by atoms with Crippen LogP contribution < -0.4 is 4.74 Å². The van der Waals surface area contributed by atoms with Crippen molar-refractivity contribution in [3.63, 3.8) is 0 Å². The fourth-order valence-corrected chi connectivity index (χ4v) is 2.55. The van der Waals surface area contributed by atoms with Crippen molar-refractivity contribution in [1.29, 1.82) is 0 Å². The van der Waals surface area contributed by atoms with Gasteiger partial charge in [-0.3, -0.25) is 4.79 Å². The van der Waals surface area contributed by atoms with E-state index >= 15 is 0 Å². The first-order valence-corrected chi connectivity index (χ1v) is 7.39. The van der Waals surface area contributed by atoms with Crippen LogP contribution in [0.5, 0.6) is 5.75 Å². The van der Waals surface area contributed by atoms with Gasteiger partial charge in [-0.15, -0.1) is 0 Å². The van der Waals surface area contributed by atoms with Crippen molar-refractivity contribution >= 4 is 21.7 Å². The lowest BCUT2D eigenvalue weighted by atomic mass is 9.95. The Bertz CT molecular complexity index is 438. The van der Waals surface area contributed by atoms with Crippen LogP contribution in [0.1, 0.15) is 43.5 Å². The number of benzene rings is 1. The van der Waals surface area contributed by atoms with Crippen LogP contribution in [0, 0.1) is 11.8 Å². The zero-order valence-corrected chi connectivity index (χ0v) is 12.5. The Balaban J connectivity index is 2.09. The molecule has 0 aliphatic heterocycles. The lowest BCUT2D eigenvalue weighted by Crippen LogP contribution is -2.13. The van der Waals surface area contributed by atoms with E-state index in [0.717, 1.165) is 22.2 Å². The molecule has 2 nitrogen and oxygen atoms in total. The quantitative estimate of drug-likeness (QED) is 0.725. The van der Waals surface area contributed by atoms with Gasteiger partial charge in [0.25, 0.3) is 0 Å². The number of halogens is 1. The van der Waals surface area contributed by atoms with Crippen LogP contribution in [-0.2, 0) is 0 Å². The second-order valence-corrected chi connectivity index (χ2v) is 5.84. The molecule has 0 radical (unpaired) electrons. The lowest BCUT2D eigenvalue weighted by Gasteiger charge is -2.11. The number of Topliss-reactive ketones (excluding diaryl/α,β-unsaturated/α-hetero) is 1. The Kier molecular flexibility index (Phi) is 4.44. The highest BCUT2D eigenvalue weighted by molar-refractivity contribution is 9.10. The third-order valence-corrected chi connectivity index (χ3v) is 4.04. The van der Waals surface area contributed by atoms with Crippen LogP contribution in [0.25, 0.3) is 0 Å². The molecule has 98 valence electrons. The summed E-state index contributed by atoms with van der Waals surface area (Å²) < 4.78 is 6.45. The summed E-state index contributed by atoms with van der Waals surface area (Å²) in [6, 6.07) is 5.63. The molecule has 0 spiro atoms. The van der Waals surface area contributed by atoms with Gasteiger partial charge in [0, 0.05) is 11.5 Å². The van der Waals surface area contributed by atoms with Crippen molar-refractivity contribution in [2.45, 2.75) is 33.1 Å². The molecule has 3 heteroatoms. The molecular formula is C15H19BrO2. The molecule has 1 aliphatic carbocycles. The number of hydrogen-bond acceptors (Lipinski definition) is 2. The van der Waals surface area contributed by atoms with Gasteiger partial charge in [-0.25, -0.2) is 0 Å². The zero-order valence-electron chi connectivity index (χ0n) is 10.9. The summed E-state index contributed by atoms with van der Waals surface area (Å²) in [4.78, 5) is 12.2. The molecule has 0 amide bonds. The number of carbonyl (C=O) groups is 1. The van der Waals surface area contributed by atoms with Gasteiger partial charge in [-0.2, -0.15) is 0 Å². The Morgan fingerprint density at radius 1 is 1.50 bits per heavy atom. The molecule has 18 heavy (non-hydrogen) atoms. The highest BCUT2D eigenvalue weighted by atomic mass is 79.9. The second-order valence-electron chi connectivity index (χ2n) is 4.98. The largest absolute Gasteiger partial charge is 0.492 e. The third kappa shape index (κ3) is 3.14. The van der Waals surface area contributed by atoms with Crippen molar-refractivity contribution < 1.29 is 9.53 Å². The van der Waals surface area contributed by atoms with Crippen LogP contribution in [0.4, 0.5) is 0 Å². The van der Waals surface area contributed by atoms with E-state index in [1.54, 1.807) is 0 Å². The summed E-state index contributed by atoms with van der Waals surface area (Å²) in [5.74, 6) is 1.82. The number of ether oxygens (including phenoxy) is 1.